The highest BCUT2D eigenvalue weighted by molar-refractivity contribution is 5.80. The molecule has 4 nitrogen and oxygen atoms in total. The Hall–Kier alpha value is -0.610. The van der Waals surface area contributed by atoms with Gasteiger partial charge in [-0.1, -0.05) is 19.3 Å². The van der Waals surface area contributed by atoms with Crippen molar-refractivity contribution in [2.75, 3.05) is 32.8 Å². The van der Waals surface area contributed by atoms with Gasteiger partial charge in [0.2, 0.25) is 5.91 Å². The lowest BCUT2D eigenvalue weighted by Gasteiger charge is -2.50. The maximum absolute atomic E-state index is 12.7. The van der Waals surface area contributed by atoms with Gasteiger partial charge in [-0.25, -0.2) is 0 Å². The van der Waals surface area contributed by atoms with Crippen molar-refractivity contribution >= 4 is 5.91 Å². The summed E-state index contributed by atoms with van der Waals surface area (Å²) >= 11 is 0. The molecule has 2 saturated heterocycles. The van der Waals surface area contributed by atoms with Gasteiger partial charge in [0.25, 0.3) is 0 Å². The summed E-state index contributed by atoms with van der Waals surface area (Å²) in [6.45, 7) is 4.22. The molecule has 2 aliphatic heterocycles. The average molecular weight is 252 g/mol. The van der Waals surface area contributed by atoms with E-state index in [9.17, 15) is 4.79 Å². The first kappa shape index (κ1) is 12.4. The van der Waals surface area contributed by atoms with E-state index in [1.165, 1.54) is 32.1 Å². The van der Waals surface area contributed by atoms with Crippen molar-refractivity contribution in [2.24, 2.45) is 5.92 Å². The molecule has 1 atom stereocenters. The zero-order chi connectivity index (χ0) is 12.4. The van der Waals surface area contributed by atoms with Crippen molar-refractivity contribution in [1.29, 1.82) is 0 Å². The van der Waals surface area contributed by atoms with Gasteiger partial charge in [-0.3, -0.25) is 4.79 Å². The van der Waals surface area contributed by atoms with E-state index in [-0.39, 0.29) is 11.5 Å². The third kappa shape index (κ3) is 2.16. The topological polar surface area (TPSA) is 41.6 Å². The summed E-state index contributed by atoms with van der Waals surface area (Å²) in [7, 11) is 0. The maximum Gasteiger partial charge on any atom is 0.228 e. The normalized spacial score (nSPS) is 31.8. The van der Waals surface area contributed by atoms with E-state index in [0.29, 0.717) is 12.5 Å². The van der Waals surface area contributed by atoms with Crippen LogP contribution in [0.3, 0.4) is 0 Å². The first-order valence-corrected chi connectivity index (χ1v) is 7.42. The number of nitrogens with one attached hydrogen (secondary N) is 1. The maximum atomic E-state index is 12.7. The highest BCUT2D eigenvalue weighted by Gasteiger charge is 2.44. The van der Waals surface area contributed by atoms with E-state index in [0.717, 1.165) is 32.7 Å². The first-order chi connectivity index (χ1) is 8.82. The highest BCUT2D eigenvalue weighted by atomic mass is 16.5. The van der Waals surface area contributed by atoms with Crippen molar-refractivity contribution in [1.82, 2.24) is 10.2 Å². The van der Waals surface area contributed by atoms with Crippen molar-refractivity contribution in [2.45, 2.75) is 44.1 Å². The molecule has 2 heterocycles. The van der Waals surface area contributed by atoms with Crippen LogP contribution in [0.5, 0.6) is 0 Å². The molecule has 3 aliphatic rings. The van der Waals surface area contributed by atoms with Crippen LogP contribution in [0.4, 0.5) is 0 Å². The van der Waals surface area contributed by atoms with Gasteiger partial charge in [0.05, 0.1) is 18.1 Å². The molecule has 0 aromatic carbocycles. The predicted octanol–water partition coefficient (Wildman–Crippen LogP) is 1.16. The van der Waals surface area contributed by atoms with Gasteiger partial charge >= 0.3 is 0 Å². The number of rotatable bonds is 1. The molecule has 3 fully saturated rings. The zero-order valence-electron chi connectivity index (χ0n) is 11.1. The Morgan fingerprint density at radius 1 is 1.28 bits per heavy atom. The molecule has 1 spiro atoms. The van der Waals surface area contributed by atoms with E-state index >= 15 is 0 Å². The van der Waals surface area contributed by atoms with Crippen molar-refractivity contribution < 1.29 is 9.53 Å². The van der Waals surface area contributed by atoms with Crippen LogP contribution in [0.25, 0.3) is 0 Å². The van der Waals surface area contributed by atoms with Crippen molar-refractivity contribution in [3.05, 3.63) is 0 Å². The summed E-state index contributed by atoms with van der Waals surface area (Å²) in [6, 6.07) is 0. The fraction of sp³-hybridized carbons (Fsp3) is 0.929. The molecule has 0 aromatic heterocycles. The zero-order valence-corrected chi connectivity index (χ0v) is 11.1. The van der Waals surface area contributed by atoms with Crippen LogP contribution in [-0.4, -0.2) is 49.2 Å². The molecule has 1 unspecified atom stereocenters. The summed E-state index contributed by atoms with van der Waals surface area (Å²) in [6.07, 6.45) is 7.15. The minimum absolute atomic E-state index is 0.121. The van der Waals surface area contributed by atoms with Crippen LogP contribution in [0.2, 0.25) is 0 Å². The third-order valence-corrected chi connectivity index (χ3v) is 4.87. The van der Waals surface area contributed by atoms with Crippen LogP contribution >= 0.6 is 0 Å². The Labute approximate surface area is 109 Å². The molecular formula is C14H24N2O2. The summed E-state index contributed by atoms with van der Waals surface area (Å²) < 4.78 is 5.38. The molecule has 1 amide bonds. The molecule has 1 saturated carbocycles. The second-order valence-corrected chi connectivity index (χ2v) is 6.01. The van der Waals surface area contributed by atoms with Crippen LogP contribution in [0.1, 0.15) is 38.5 Å². The Balaban J connectivity index is 1.76. The number of carbonyl (C=O) groups excluding carboxylic acids is 1. The number of hydrogen-bond acceptors (Lipinski definition) is 3. The molecule has 0 bridgehead atoms. The molecule has 102 valence electrons. The van der Waals surface area contributed by atoms with Gasteiger partial charge in [0.15, 0.2) is 0 Å². The minimum Gasteiger partial charge on any atom is -0.381 e. The van der Waals surface area contributed by atoms with E-state index in [2.05, 4.69) is 10.2 Å². The number of hydrogen-bond donors (Lipinski definition) is 1. The van der Waals surface area contributed by atoms with Gasteiger partial charge in [-0.15, -0.1) is 0 Å². The van der Waals surface area contributed by atoms with Gasteiger partial charge < -0.3 is 15.0 Å². The van der Waals surface area contributed by atoms with Crippen LogP contribution < -0.4 is 5.32 Å². The quantitative estimate of drug-likeness (QED) is 0.761. The first-order valence-electron chi connectivity index (χ1n) is 7.42. The minimum atomic E-state index is 0.121. The number of nitrogens with zero attached hydrogens (tertiary/aromatic N) is 1. The Morgan fingerprint density at radius 3 is 2.83 bits per heavy atom. The Morgan fingerprint density at radius 2 is 2.11 bits per heavy atom. The van der Waals surface area contributed by atoms with Gasteiger partial charge in [-0.05, 0) is 19.3 Å². The average Bonchev–Trinajstić information content (AvgIpc) is 2.93. The van der Waals surface area contributed by atoms with E-state index < -0.39 is 0 Å². The number of amides is 1. The second-order valence-electron chi connectivity index (χ2n) is 6.01. The molecular weight excluding hydrogens is 228 g/mol. The predicted molar refractivity (Wildman–Crippen MR) is 69.3 cm³/mol. The Kier molecular flexibility index (Phi) is 3.57. The van der Waals surface area contributed by atoms with Crippen LogP contribution in [-0.2, 0) is 9.53 Å². The van der Waals surface area contributed by atoms with E-state index in [1.807, 2.05) is 0 Å². The fourth-order valence-corrected chi connectivity index (χ4v) is 3.79. The van der Waals surface area contributed by atoms with Gasteiger partial charge in [0, 0.05) is 26.2 Å². The SMILES string of the molecule is O=C(C1CCOC1)N1CCNCC12CCCCC2. The number of piperazine rings is 1. The number of carbonyl (C=O) groups is 1. The second kappa shape index (κ2) is 5.17. The summed E-state index contributed by atoms with van der Waals surface area (Å²) in [5.41, 5.74) is 0.121. The number of ether oxygens (including phenoxy) is 1. The van der Waals surface area contributed by atoms with Crippen LogP contribution in [0.15, 0.2) is 0 Å². The standard InChI is InChI=1S/C14H24N2O2/c17-13(12-4-9-18-10-12)16-8-7-15-11-14(16)5-2-1-3-6-14/h12,15H,1-11H2. The van der Waals surface area contributed by atoms with Gasteiger partial charge in [-0.2, -0.15) is 0 Å². The summed E-state index contributed by atoms with van der Waals surface area (Å²) in [5, 5.41) is 3.50. The molecule has 1 N–H and O–H groups in total. The largest absolute Gasteiger partial charge is 0.381 e. The molecule has 0 radical (unpaired) electrons. The molecule has 0 aromatic rings. The lowest BCUT2D eigenvalue weighted by molar-refractivity contribution is -0.145. The lowest BCUT2D eigenvalue weighted by Crippen LogP contribution is -2.64. The summed E-state index contributed by atoms with van der Waals surface area (Å²) in [5.74, 6) is 0.484. The molecule has 4 heteroatoms. The smallest absolute Gasteiger partial charge is 0.228 e. The van der Waals surface area contributed by atoms with Crippen LogP contribution in [0, 0.1) is 5.92 Å². The lowest BCUT2D eigenvalue weighted by atomic mass is 9.78. The molecule has 18 heavy (non-hydrogen) atoms. The fourth-order valence-electron chi connectivity index (χ4n) is 3.79. The monoisotopic (exact) mass is 252 g/mol. The third-order valence-electron chi connectivity index (χ3n) is 4.87. The molecule has 1 aliphatic carbocycles. The van der Waals surface area contributed by atoms with E-state index in [1.54, 1.807) is 0 Å². The summed E-state index contributed by atoms with van der Waals surface area (Å²) in [4.78, 5) is 14.9. The highest BCUT2D eigenvalue weighted by Crippen LogP contribution is 2.36. The molecule has 3 rings (SSSR count). The van der Waals surface area contributed by atoms with E-state index in [4.69, 9.17) is 4.74 Å². The van der Waals surface area contributed by atoms with Crippen molar-refractivity contribution in [3.63, 3.8) is 0 Å². The Bertz CT molecular complexity index is 299. The van der Waals surface area contributed by atoms with Gasteiger partial charge in [0.1, 0.15) is 0 Å². The van der Waals surface area contributed by atoms with Crippen molar-refractivity contribution in [3.8, 4) is 0 Å².